The van der Waals surface area contributed by atoms with Crippen LogP contribution in [0.2, 0.25) is 5.02 Å². The lowest BCUT2D eigenvalue weighted by atomic mass is 10.1. The summed E-state index contributed by atoms with van der Waals surface area (Å²) in [6, 6.07) is 8.59. The first-order valence-corrected chi connectivity index (χ1v) is 9.88. The van der Waals surface area contributed by atoms with Crippen molar-refractivity contribution in [1.29, 1.82) is 0 Å². The molecule has 2 N–H and O–H groups in total. The molecule has 3 aromatic rings. The average Bonchev–Trinajstić information content (AvgIpc) is 3.41. The van der Waals surface area contributed by atoms with Crippen molar-refractivity contribution in [1.82, 2.24) is 19.8 Å². The van der Waals surface area contributed by atoms with E-state index in [2.05, 4.69) is 9.97 Å². The molecule has 29 heavy (non-hydrogen) atoms. The molecular weight excluding hydrogens is 392 g/mol. The Morgan fingerprint density at radius 3 is 2.38 bits per heavy atom. The van der Waals surface area contributed by atoms with E-state index in [-0.39, 0.29) is 35.0 Å². The SMILES string of the molecule is Cc1ccc(C(=O)N2C[C@H]3C[C@H]2CN3C(=O)c2cc3cc[nH]c3cc2Cl)c(=O)[nH]1. The zero-order valence-corrected chi connectivity index (χ0v) is 16.5. The van der Waals surface area contributed by atoms with Crippen LogP contribution in [0, 0.1) is 6.92 Å². The van der Waals surface area contributed by atoms with E-state index in [4.69, 9.17) is 11.6 Å². The van der Waals surface area contributed by atoms with Gasteiger partial charge in [0, 0.05) is 35.9 Å². The van der Waals surface area contributed by atoms with E-state index in [1.807, 2.05) is 12.3 Å². The third kappa shape index (κ3) is 2.84. The van der Waals surface area contributed by atoms with E-state index in [0.29, 0.717) is 35.8 Å². The summed E-state index contributed by atoms with van der Waals surface area (Å²) in [6.07, 6.45) is 2.52. The fraction of sp³-hybridized carbons (Fsp3) is 0.286. The highest BCUT2D eigenvalue weighted by Crippen LogP contribution is 2.34. The van der Waals surface area contributed by atoms with Crippen molar-refractivity contribution in [3.8, 4) is 0 Å². The number of carbonyl (C=O) groups is 2. The van der Waals surface area contributed by atoms with Gasteiger partial charge in [-0.15, -0.1) is 0 Å². The fourth-order valence-corrected chi connectivity index (χ4v) is 4.70. The molecule has 0 unspecified atom stereocenters. The number of fused-ring (bicyclic) bond motifs is 3. The number of aromatic amines is 2. The summed E-state index contributed by atoms with van der Waals surface area (Å²) in [6.45, 7) is 2.64. The maximum absolute atomic E-state index is 13.1. The Morgan fingerprint density at radius 2 is 1.72 bits per heavy atom. The number of amides is 2. The molecule has 4 heterocycles. The average molecular weight is 411 g/mol. The zero-order valence-electron chi connectivity index (χ0n) is 15.7. The minimum absolute atomic E-state index is 0.0704. The van der Waals surface area contributed by atoms with Crippen LogP contribution in [-0.2, 0) is 0 Å². The Labute approximate surface area is 171 Å². The molecule has 2 aromatic heterocycles. The second-order valence-corrected chi connectivity index (χ2v) is 8.15. The van der Waals surface area contributed by atoms with Crippen molar-refractivity contribution in [2.45, 2.75) is 25.4 Å². The van der Waals surface area contributed by atoms with Gasteiger partial charge in [0.1, 0.15) is 5.56 Å². The molecule has 2 saturated heterocycles. The Balaban J connectivity index is 1.36. The molecule has 5 rings (SSSR count). The van der Waals surface area contributed by atoms with Gasteiger partial charge in [-0.2, -0.15) is 0 Å². The summed E-state index contributed by atoms with van der Waals surface area (Å²) in [5, 5.41) is 1.34. The molecule has 2 atom stereocenters. The third-order valence-electron chi connectivity index (χ3n) is 5.92. The van der Waals surface area contributed by atoms with Crippen LogP contribution >= 0.6 is 11.6 Å². The molecule has 2 amide bonds. The van der Waals surface area contributed by atoms with Crippen LogP contribution in [0.3, 0.4) is 0 Å². The van der Waals surface area contributed by atoms with Gasteiger partial charge in [-0.1, -0.05) is 11.6 Å². The maximum Gasteiger partial charge on any atom is 0.260 e. The number of carbonyl (C=O) groups excluding carboxylic acids is 2. The summed E-state index contributed by atoms with van der Waals surface area (Å²) in [4.78, 5) is 47.4. The van der Waals surface area contributed by atoms with Gasteiger partial charge >= 0.3 is 0 Å². The first kappa shape index (κ1) is 18.0. The number of pyridine rings is 1. The van der Waals surface area contributed by atoms with Crippen molar-refractivity contribution >= 4 is 34.3 Å². The maximum atomic E-state index is 13.1. The number of aromatic nitrogens is 2. The number of nitrogens with one attached hydrogen (secondary N) is 2. The first-order valence-electron chi connectivity index (χ1n) is 9.51. The number of hydrogen-bond acceptors (Lipinski definition) is 3. The lowest BCUT2D eigenvalue weighted by Gasteiger charge is -2.34. The predicted molar refractivity (Wildman–Crippen MR) is 109 cm³/mol. The van der Waals surface area contributed by atoms with E-state index < -0.39 is 0 Å². The second-order valence-electron chi connectivity index (χ2n) is 7.74. The van der Waals surface area contributed by atoms with Gasteiger partial charge in [-0.3, -0.25) is 14.4 Å². The molecule has 0 aliphatic carbocycles. The van der Waals surface area contributed by atoms with Gasteiger partial charge in [0.2, 0.25) is 0 Å². The Kier molecular flexibility index (Phi) is 4.03. The molecule has 2 aliphatic heterocycles. The monoisotopic (exact) mass is 410 g/mol. The molecular formula is C21H19ClN4O3. The quantitative estimate of drug-likeness (QED) is 0.680. The summed E-state index contributed by atoms with van der Waals surface area (Å²) in [7, 11) is 0. The van der Waals surface area contributed by atoms with Crippen LogP contribution < -0.4 is 5.56 Å². The number of H-pyrrole nitrogens is 2. The fourth-order valence-electron chi connectivity index (χ4n) is 4.45. The van der Waals surface area contributed by atoms with Crippen LogP contribution in [0.25, 0.3) is 10.9 Å². The van der Waals surface area contributed by atoms with Crippen molar-refractivity contribution in [3.05, 3.63) is 68.7 Å². The Morgan fingerprint density at radius 1 is 1.03 bits per heavy atom. The second kappa shape index (κ2) is 6.49. The predicted octanol–water partition coefficient (Wildman–Crippen LogP) is 2.56. The van der Waals surface area contributed by atoms with E-state index in [1.54, 1.807) is 41.0 Å². The van der Waals surface area contributed by atoms with Crippen LogP contribution in [0.15, 0.2) is 41.3 Å². The summed E-state index contributed by atoms with van der Waals surface area (Å²) in [5.41, 5.74) is 1.83. The van der Waals surface area contributed by atoms with Gasteiger partial charge in [0.25, 0.3) is 17.4 Å². The highest BCUT2D eigenvalue weighted by Gasteiger charge is 2.47. The van der Waals surface area contributed by atoms with Crippen molar-refractivity contribution in [2.75, 3.05) is 13.1 Å². The molecule has 1 aromatic carbocycles. The number of nitrogens with zero attached hydrogens (tertiary/aromatic N) is 2. The number of benzene rings is 1. The van der Waals surface area contributed by atoms with Crippen molar-refractivity contribution in [3.63, 3.8) is 0 Å². The Bertz CT molecular complexity index is 1210. The normalized spacial score (nSPS) is 20.6. The van der Waals surface area contributed by atoms with Gasteiger partial charge in [-0.25, -0.2) is 0 Å². The molecule has 0 saturated carbocycles. The number of likely N-dealkylation sites (tertiary alicyclic amines) is 2. The lowest BCUT2D eigenvalue weighted by molar-refractivity contribution is 0.0526. The molecule has 148 valence electrons. The minimum atomic E-state index is -0.378. The largest absolute Gasteiger partial charge is 0.361 e. The smallest absolute Gasteiger partial charge is 0.260 e. The van der Waals surface area contributed by atoms with E-state index in [1.165, 1.54) is 0 Å². The summed E-state index contributed by atoms with van der Waals surface area (Å²) in [5.74, 6) is -0.400. The van der Waals surface area contributed by atoms with Crippen LogP contribution in [-0.4, -0.2) is 56.8 Å². The zero-order chi connectivity index (χ0) is 20.3. The molecule has 8 heteroatoms. The highest BCUT2D eigenvalue weighted by molar-refractivity contribution is 6.34. The van der Waals surface area contributed by atoms with E-state index >= 15 is 0 Å². The Hall–Kier alpha value is -3.06. The minimum Gasteiger partial charge on any atom is -0.361 e. The van der Waals surface area contributed by atoms with Gasteiger partial charge in [-0.05, 0) is 43.7 Å². The number of aryl methyl sites for hydroxylation is 1. The molecule has 7 nitrogen and oxygen atoms in total. The summed E-state index contributed by atoms with van der Waals surface area (Å²) >= 11 is 6.35. The molecule has 2 aliphatic rings. The van der Waals surface area contributed by atoms with Crippen molar-refractivity contribution < 1.29 is 9.59 Å². The lowest BCUT2D eigenvalue weighted by Crippen LogP contribution is -2.51. The number of piperazine rings is 1. The molecule has 2 fully saturated rings. The topological polar surface area (TPSA) is 89.3 Å². The van der Waals surface area contributed by atoms with Gasteiger partial charge < -0.3 is 19.8 Å². The summed E-state index contributed by atoms with van der Waals surface area (Å²) < 4.78 is 0. The van der Waals surface area contributed by atoms with E-state index in [9.17, 15) is 14.4 Å². The van der Waals surface area contributed by atoms with E-state index in [0.717, 1.165) is 10.9 Å². The first-order chi connectivity index (χ1) is 13.9. The highest BCUT2D eigenvalue weighted by atomic mass is 35.5. The number of rotatable bonds is 2. The molecule has 2 bridgehead atoms. The standard InChI is InChI=1S/C21H19ClN4O3/c1-11-2-3-15(19(27)24-11)20(28)25-9-14-7-13(25)10-26(14)21(29)16-6-12-4-5-23-18(12)8-17(16)22/h2-6,8,13-14,23H,7,9-10H2,1H3,(H,24,27)/t13-,14+/m0/s1. The van der Waals surface area contributed by atoms with Crippen LogP contribution in [0.4, 0.5) is 0 Å². The third-order valence-corrected chi connectivity index (χ3v) is 6.23. The van der Waals surface area contributed by atoms with Gasteiger partial charge in [0.15, 0.2) is 0 Å². The number of hydrogen-bond donors (Lipinski definition) is 2. The number of halogens is 1. The van der Waals surface area contributed by atoms with Crippen molar-refractivity contribution in [2.24, 2.45) is 0 Å². The molecule has 0 radical (unpaired) electrons. The van der Waals surface area contributed by atoms with Gasteiger partial charge in [0.05, 0.1) is 22.7 Å². The van der Waals surface area contributed by atoms with Crippen LogP contribution in [0.1, 0.15) is 32.8 Å². The van der Waals surface area contributed by atoms with Crippen LogP contribution in [0.5, 0.6) is 0 Å². The molecule has 0 spiro atoms.